The minimum absolute atomic E-state index is 0.151. The fourth-order valence-corrected chi connectivity index (χ4v) is 0.648. The third kappa shape index (κ3) is 0.914. The summed E-state index contributed by atoms with van der Waals surface area (Å²) in [4.78, 5) is 7.50. The first-order valence-corrected chi connectivity index (χ1v) is 2.81. The summed E-state index contributed by atoms with van der Waals surface area (Å²) in [5.74, 6) is 0.799. The predicted molar refractivity (Wildman–Crippen MR) is 34.1 cm³/mol. The molecule has 0 aliphatic heterocycles. The van der Waals surface area contributed by atoms with Crippen molar-refractivity contribution in [2.45, 2.75) is 0 Å². The molecule has 7 heteroatoms. The van der Waals surface area contributed by atoms with Gasteiger partial charge in [-0.2, -0.15) is 9.97 Å². The summed E-state index contributed by atoms with van der Waals surface area (Å²) in [6, 6.07) is 0. The Morgan fingerprint density at radius 3 is 3.00 bits per heavy atom. The molecule has 0 bridgehead atoms. The molecule has 0 spiro atoms. The van der Waals surface area contributed by atoms with Gasteiger partial charge in [0.25, 0.3) is 5.89 Å². The number of nitrogens with two attached hydrogens (primary N) is 1. The monoisotopic (exact) mass is 152 g/mol. The maximum Gasteiger partial charge on any atom is 0.295 e. The molecule has 2 aromatic rings. The van der Waals surface area contributed by atoms with Gasteiger partial charge in [-0.3, -0.25) is 5.10 Å². The van der Waals surface area contributed by atoms with Gasteiger partial charge in [0, 0.05) is 0 Å². The van der Waals surface area contributed by atoms with E-state index in [0.717, 1.165) is 0 Å². The number of nitrogens with one attached hydrogen (secondary N) is 1. The summed E-state index contributed by atoms with van der Waals surface area (Å²) in [5, 5.41) is 9.51. The van der Waals surface area contributed by atoms with E-state index in [1.807, 2.05) is 0 Å². The Labute approximate surface area is 60.6 Å². The highest BCUT2D eigenvalue weighted by Crippen LogP contribution is 2.08. The zero-order valence-electron chi connectivity index (χ0n) is 5.35. The van der Waals surface area contributed by atoms with Gasteiger partial charge in [0.05, 0.1) is 0 Å². The summed E-state index contributed by atoms with van der Waals surface area (Å²) in [5.41, 5.74) is 5.24. The van der Waals surface area contributed by atoms with Crippen molar-refractivity contribution in [3.8, 4) is 11.7 Å². The minimum Gasteiger partial charge on any atom is -0.366 e. The van der Waals surface area contributed by atoms with Crippen LogP contribution in [0.4, 0.5) is 5.95 Å². The van der Waals surface area contributed by atoms with Crippen LogP contribution in [0, 0.1) is 0 Å². The van der Waals surface area contributed by atoms with Crippen LogP contribution in [0.25, 0.3) is 11.7 Å². The Bertz CT molecular complexity index is 337. The molecular formula is C4H4N6O. The first-order valence-electron chi connectivity index (χ1n) is 2.81. The molecule has 0 saturated heterocycles. The molecule has 0 saturated carbocycles. The van der Waals surface area contributed by atoms with Gasteiger partial charge < -0.3 is 10.3 Å². The van der Waals surface area contributed by atoms with Crippen LogP contribution in [0.1, 0.15) is 0 Å². The lowest BCUT2D eigenvalue weighted by Crippen LogP contribution is -1.85. The number of hydrogen-bond acceptors (Lipinski definition) is 6. The second kappa shape index (κ2) is 2.04. The van der Waals surface area contributed by atoms with E-state index in [1.54, 1.807) is 0 Å². The Kier molecular flexibility index (Phi) is 1.08. The van der Waals surface area contributed by atoms with E-state index in [1.165, 1.54) is 6.33 Å². The smallest absolute Gasteiger partial charge is 0.295 e. The maximum atomic E-state index is 5.24. The summed E-state index contributed by atoms with van der Waals surface area (Å²) < 4.78 is 4.68. The Balaban J connectivity index is 2.45. The molecule has 0 radical (unpaired) electrons. The van der Waals surface area contributed by atoms with E-state index < -0.39 is 0 Å². The van der Waals surface area contributed by atoms with Gasteiger partial charge in [-0.15, -0.1) is 5.10 Å². The number of aromatic nitrogens is 5. The van der Waals surface area contributed by atoms with Gasteiger partial charge in [-0.1, -0.05) is 5.16 Å². The number of nitrogen functional groups attached to an aromatic ring is 1. The number of hydrogen-bond donors (Lipinski definition) is 2. The number of rotatable bonds is 1. The van der Waals surface area contributed by atoms with Crippen LogP contribution in [-0.4, -0.2) is 25.3 Å². The highest BCUT2D eigenvalue weighted by atomic mass is 16.5. The van der Waals surface area contributed by atoms with Crippen LogP contribution in [0.5, 0.6) is 0 Å². The van der Waals surface area contributed by atoms with Gasteiger partial charge >= 0.3 is 0 Å². The minimum atomic E-state index is 0.151. The summed E-state index contributed by atoms with van der Waals surface area (Å²) in [7, 11) is 0. The molecule has 0 aliphatic carbocycles. The maximum absolute atomic E-state index is 5.24. The Hall–Kier alpha value is -1.92. The third-order valence-electron chi connectivity index (χ3n) is 1.07. The van der Waals surface area contributed by atoms with E-state index in [-0.39, 0.29) is 11.8 Å². The van der Waals surface area contributed by atoms with E-state index in [2.05, 4.69) is 29.8 Å². The van der Waals surface area contributed by atoms with E-state index >= 15 is 0 Å². The molecule has 0 atom stereocenters. The Morgan fingerprint density at radius 2 is 2.45 bits per heavy atom. The average Bonchev–Trinajstić information content (AvgIpc) is 2.55. The standard InChI is InChI=1S/C4H4N6O/c5-4-8-2(9-10-4)3-6-1-7-11-3/h1H,(H3,5,8,9,10). The number of nitrogens with zero attached hydrogens (tertiary/aromatic N) is 4. The third-order valence-corrected chi connectivity index (χ3v) is 1.07. The zero-order chi connectivity index (χ0) is 7.68. The molecule has 0 unspecified atom stereocenters. The fourth-order valence-electron chi connectivity index (χ4n) is 0.648. The van der Waals surface area contributed by atoms with Gasteiger partial charge in [0.1, 0.15) is 0 Å². The van der Waals surface area contributed by atoms with E-state index in [9.17, 15) is 0 Å². The summed E-state index contributed by atoms with van der Waals surface area (Å²) in [6.45, 7) is 0. The van der Waals surface area contributed by atoms with E-state index in [0.29, 0.717) is 5.82 Å². The molecule has 2 aromatic heterocycles. The second-order valence-corrected chi connectivity index (χ2v) is 1.79. The summed E-state index contributed by atoms with van der Waals surface area (Å²) in [6.07, 6.45) is 1.27. The Morgan fingerprint density at radius 1 is 1.55 bits per heavy atom. The molecule has 3 N–H and O–H groups in total. The molecule has 2 heterocycles. The van der Waals surface area contributed by atoms with Crippen LogP contribution < -0.4 is 5.73 Å². The quantitative estimate of drug-likeness (QED) is 0.567. The lowest BCUT2D eigenvalue weighted by Gasteiger charge is -1.79. The van der Waals surface area contributed by atoms with Gasteiger partial charge in [-0.05, 0) is 0 Å². The molecule has 2 rings (SSSR count). The predicted octanol–water partition coefficient (Wildman–Crippen LogP) is -0.563. The molecule has 0 fully saturated rings. The topological polar surface area (TPSA) is 107 Å². The average molecular weight is 152 g/mol. The van der Waals surface area contributed by atoms with Crippen LogP contribution >= 0.6 is 0 Å². The van der Waals surface area contributed by atoms with Crippen LogP contribution in [0.3, 0.4) is 0 Å². The normalized spacial score (nSPS) is 10.2. The molecule has 11 heavy (non-hydrogen) atoms. The van der Waals surface area contributed by atoms with Crippen molar-refractivity contribution in [1.29, 1.82) is 0 Å². The lowest BCUT2D eigenvalue weighted by atomic mass is 10.6. The number of anilines is 1. The van der Waals surface area contributed by atoms with Crippen LogP contribution in [0.15, 0.2) is 10.9 Å². The van der Waals surface area contributed by atoms with Crippen molar-refractivity contribution in [2.75, 3.05) is 5.73 Å². The molecule has 0 aromatic carbocycles. The lowest BCUT2D eigenvalue weighted by molar-refractivity contribution is 0.427. The van der Waals surface area contributed by atoms with Crippen molar-refractivity contribution in [1.82, 2.24) is 25.3 Å². The van der Waals surface area contributed by atoms with E-state index in [4.69, 9.17) is 5.73 Å². The van der Waals surface area contributed by atoms with Crippen molar-refractivity contribution >= 4 is 5.95 Å². The van der Waals surface area contributed by atoms with Gasteiger partial charge in [0.2, 0.25) is 11.8 Å². The second-order valence-electron chi connectivity index (χ2n) is 1.79. The van der Waals surface area contributed by atoms with Crippen molar-refractivity contribution in [3.63, 3.8) is 0 Å². The molecule has 0 aliphatic rings. The highest BCUT2D eigenvalue weighted by molar-refractivity contribution is 5.40. The molecule has 56 valence electrons. The van der Waals surface area contributed by atoms with Crippen LogP contribution in [-0.2, 0) is 0 Å². The first-order chi connectivity index (χ1) is 5.36. The van der Waals surface area contributed by atoms with Crippen LogP contribution in [0.2, 0.25) is 0 Å². The largest absolute Gasteiger partial charge is 0.366 e. The molecule has 0 amide bonds. The van der Waals surface area contributed by atoms with Crippen molar-refractivity contribution in [3.05, 3.63) is 6.33 Å². The number of aromatic amines is 1. The summed E-state index contributed by atoms with van der Waals surface area (Å²) >= 11 is 0. The molecule has 7 nitrogen and oxygen atoms in total. The molecular weight excluding hydrogens is 148 g/mol. The number of H-pyrrole nitrogens is 1. The highest BCUT2D eigenvalue weighted by Gasteiger charge is 2.07. The van der Waals surface area contributed by atoms with Crippen molar-refractivity contribution in [2.24, 2.45) is 0 Å². The zero-order valence-corrected chi connectivity index (χ0v) is 5.35. The fraction of sp³-hybridized carbons (Fsp3) is 0. The van der Waals surface area contributed by atoms with Gasteiger partial charge in [-0.25, -0.2) is 0 Å². The first kappa shape index (κ1) is 5.83. The van der Waals surface area contributed by atoms with Crippen molar-refractivity contribution < 1.29 is 4.52 Å². The van der Waals surface area contributed by atoms with Gasteiger partial charge in [0.15, 0.2) is 6.33 Å². The SMILES string of the molecule is Nc1n[nH]c(-c2ncno2)n1.